The van der Waals surface area contributed by atoms with Crippen molar-refractivity contribution in [2.75, 3.05) is 11.9 Å². The predicted molar refractivity (Wildman–Crippen MR) is 192 cm³/mol. The first-order valence-corrected chi connectivity index (χ1v) is 19.5. The van der Waals surface area contributed by atoms with E-state index in [0.717, 1.165) is 32.1 Å². The van der Waals surface area contributed by atoms with Crippen LogP contribution < -0.4 is 14.9 Å². The molecular weight excluding hydrogens is 710 g/mol. The van der Waals surface area contributed by atoms with E-state index in [9.17, 15) is 23.3 Å². The lowest BCUT2D eigenvalue weighted by atomic mass is 9.96. The summed E-state index contributed by atoms with van der Waals surface area (Å²) in [6.07, 6.45) is 5.82. The number of carbonyl (C=O) groups is 3. The molecule has 288 valence electrons. The van der Waals surface area contributed by atoms with Crippen molar-refractivity contribution in [3.05, 3.63) is 54.9 Å². The fourth-order valence-electron chi connectivity index (χ4n) is 6.04. The Labute approximate surface area is 308 Å². The Kier molecular flexibility index (Phi) is 13.0. The summed E-state index contributed by atoms with van der Waals surface area (Å²) in [7, 11) is -4.39. The molecule has 0 unspecified atom stereocenters. The number of para-hydroxylation sites is 1. The van der Waals surface area contributed by atoms with Gasteiger partial charge in [0.25, 0.3) is 0 Å². The molecule has 1 aromatic carbocycles. The van der Waals surface area contributed by atoms with E-state index in [4.69, 9.17) is 23.3 Å². The highest BCUT2D eigenvalue weighted by atomic mass is 31.2. The summed E-state index contributed by atoms with van der Waals surface area (Å²) in [5.74, 6) is -2.36. The number of hydrogen-bond donors (Lipinski definition) is 2. The molecule has 15 nitrogen and oxygen atoms in total. The zero-order chi connectivity index (χ0) is 38.3. The molecule has 0 radical (unpaired) electrons. The third kappa shape index (κ3) is 9.85. The molecule has 5 atom stereocenters. The first-order valence-electron chi connectivity index (χ1n) is 17.9. The molecule has 1 aliphatic carbocycles. The Morgan fingerprint density at radius 2 is 1.75 bits per heavy atom. The van der Waals surface area contributed by atoms with Crippen molar-refractivity contribution in [2.45, 2.75) is 110 Å². The molecule has 2 aliphatic rings. The van der Waals surface area contributed by atoms with Gasteiger partial charge in [-0.2, -0.15) is 19.4 Å². The summed E-state index contributed by atoms with van der Waals surface area (Å²) in [6, 6.07) is 7.22. The molecule has 5 rings (SSSR count). The van der Waals surface area contributed by atoms with Gasteiger partial charge in [-0.3, -0.25) is 23.5 Å². The minimum Gasteiger partial charge on any atom is -0.461 e. The van der Waals surface area contributed by atoms with E-state index in [0.29, 0.717) is 0 Å². The van der Waals surface area contributed by atoms with Crippen LogP contribution in [0.25, 0.3) is 11.2 Å². The predicted octanol–water partition coefficient (Wildman–Crippen LogP) is 6.42. The number of carbonyl (C=O) groups excluding carboxylic acids is 3. The van der Waals surface area contributed by atoms with Crippen LogP contribution >= 0.6 is 7.75 Å². The Morgan fingerprint density at radius 3 is 2.42 bits per heavy atom. The van der Waals surface area contributed by atoms with E-state index in [-0.39, 0.29) is 35.3 Å². The molecule has 1 saturated heterocycles. The summed E-state index contributed by atoms with van der Waals surface area (Å²) in [4.78, 5) is 50.7. The van der Waals surface area contributed by atoms with Crippen LogP contribution in [0.4, 0.5) is 10.2 Å². The summed E-state index contributed by atoms with van der Waals surface area (Å²) in [5, 5.41) is 5.31. The Hall–Kier alpha value is -4.24. The van der Waals surface area contributed by atoms with Crippen molar-refractivity contribution >= 4 is 42.6 Å². The maximum atomic E-state index is 14.8. The Balaban J connectivity index is 1.46. The van der Waals surface area contributed by atoms with Gasteiger partial charge in [0.15, 0.2) is 17.0 Å². The molecule has 53 heavy (non-hydrogen) atoms. The van der Waals surface area contributed by atoms with Gasteiger partial charge in [0.05, 0.1) is 18.9 Å². The quantitative estimate of drug-likeness (QED) is 0.0751. The molecule has 2 N–H and O–H groups in total. The van der Waals surface area contributed by atoms with Crippen LogP contribution in [0.2, 0.25) is 0 Å². The van der Waals surface area contributed by atoms with E-state index < -0.39 is 74.1 Å². The molecule has 3 heterocycles. The van der Waals surface area contributed by atoms with Crippen molar-refractivity contribution in [1.82, 2.24) is 24.6 Å². The number of allylic oxidation sites excluding steroid dienone is 1. The van der Waals surface area contributed by atoms with Crippen molar-refractivity contribution in [2.24, 2.45) is 11.8 Å². The second-order valence-corrected chi connectivity index (χ2v) is 15.6. The van der Waals surface area contributed by atoms with Crippen molar-refractivity contribution < 1.29 is 46.6 Å². The zero-order valence-electron chi connectivity index (χ0n) is 30.8. The van der Waals surface area contributed by atoms with Crippen molar-refractivity contribution in [3.63, 3.8) is 0 Å². The second kappa shape index (κ2) is 17.3. The summed E-state index contributed by atoms with van der Waals surface area (Å²) < 4.78 is 61.1. The molecule has 3 aromatic rings. The standard InChI is InChI=1S/C36H48FN6O9P/c1-7-18-36(20-48-53(47,52-26-16-12-9-13-17-26)42-24(6)34(46)49-25-14-10-8-11-15-25)27(50-33(45)23(4)5)19-28(51-36)43-21-38-29-30(39-32(44)22(2)3)40-35(37)41-31(29)43/h7,9,12-13,16-18,21-25,27-28H,8,10-11,14-15,19-20H2,1-6H3,(H,42,47)(H,39,40,41,44)/t24-,27-,28+,36+,53-/m0/s1. The number of rotatable bonds is 15. The molecule has 2 aromatic heterocycles. The number of esters is 2. The SMILES string of the molecule is CC=C[C@]1(CO[P@@](=O)(N[C@@H](C)C(=O)OC2CCCCC2)Oc2ccccc2)O[C@@H](n2cnc3c(NC(=O)C(C)C)nc(F)nc32)C[C@@H]1OC(=O)C(C)C. The molecule has 1 saturated carbocycles. The number of anilines is 1. The number of ether oxygens (including phenoxy) is 3. The topological polar surface area (TPSA) is 182 Å². The Bertz CT molecular complexity index is 1830. The van der Waals surface area contributed by atoms with Gasteiger partial charge in [-0.15, -0.1) is 0 Å². The number of amides is 1. The summed E-state index contributed by atoms with van der Waals surface area (Å²) >= 11 is 0. The van der Waals surface area contributed by atoms with E-state index in [1.54, 1.807) is 77.1 Å². The number of halogens is 1. The lowest BCUT2D eigenvalue weighted by Gasteiger charge is -2.33. The number of benzene rings is 1. The van der Waals surface area contributed by atoms with E-state index >= 15 is 0 Å². The molecule has 17 heteroatoms. The maximum Gasteiger partial charge on any atom is 0.459 e. The number of aromatic nitrogens is 4. The average Bonchev–Trinajstić information content (AvgIpc) is 3.69. The van der Waals surface area contributed by atoms with Gasteiger partial charge in [0.2, 0.25) is 5.91 Å². The second-order valence-electron chi connectivity index (χ2n) is 13.9. The van der Waals surface area contributed by atoms with Gasteiger partial charge >= 0.3 is 25.8 Å². The normalized spacial score (nSPS) is 22.6. The molecule has 1 amide bonds. The van der Waals surface area contributed by atoms with Gasteiger partial charge in [-0.25, -0.2) is 9.55 Å². The van der Waals surface area contributed by atoms with Crippen LogP contribution in [-0.2, 0) is 37.7 Å². The zero-order valence-corrected chi connectivity index (χ0v) is 31.7. The average molecular weight is 759 g/mol. The largest absolute Gasteiger partial charge is 0.461 e. The van der Waals surface area contributed by atoms with Crippen LogP contribution in [0.5, 0.6) is 5.75 Å². The highest BCUT2D eigenvalue weighted by Crippen LogP contribution is 2.49. The van der Waals surface area contributed by atoms with Crippen molar-refractivity contribution in [1.29, 1.82) is 0 Å². The number of hydrogen-bond acceptors (Lipinski definition) is 12. The lowest BCUT2D eigenvalue weighted by Crippen LogP contribution is -2.46. The monoisotopic (exact) mass is 758 g/mol. The van der Waals surface area contributed by atoms with Crippen LogP contribution in [0.1, 0.15) is 86.3 Å². The number of imidazole rings is 1. The first-order chi connectivity index (χ1) is 25.2. The molecule has 0 bridgehead atoms. The van der Waals surface area contributed by atoms with Gasteiger partial charge in [0.1, 0.15) is 35.8 Å². The van der Waals surface area contributed by atoms with Gasteiger partial charge in [-0.05, 0) is 51.7 Å². The highest BCUT2D eigenvalue weighted by Gasteiger charge is 2.52. The van der Waals surface area contributed by atoms with Crippen LogP contribution in [0.3, 0.4) is 0 Å². The van der Waals surface area contributed by atoms with Crippen LogP contribution in [-0.4, -0.2) is 67.8 Å². The van der Waals surface area contributed by atoms with Crippen molar-refractivity contribution in [3.8, 4) is 5.75 Å². The summed E-state index contributed by atoms with van der Waals surface area (Å²) in [6.45, 7) is 9.46. The van der Waals surface area contributed by atoms with Gasteiger partial charge < -0.3 is 24.1 Å². The molecule has 1 aliphatic heterocycles. The van der Waals surface area contributed by atoms with Gasteiger partial charge in [0, 0.05) is 12.3 Å². The smallest absolute Gasteiger partial charge is 0.459 e. The third-order valence-electron chi connectivity index (χ3n) is 8.93. The third-order valence-corrected chi connectivity index (χ3v) is 10.6. The van der Waals surface area contributed by atoms with E-state index in [2.05, 4.69) is 25.4 Å². The molecule has 0 spiro atoms. The van der Waals surface area contributed by atoms with E-state index in [1.165, 1.54) is 17.8 Å². The fourth-order valence-corrected chi connectivity index (χ4v) is 7.57. The fraction of sp³-hybridized carbons (Fsp3) is 0.556. The number of fused-ring (bicyclic) bond motifs is 1. The minimum absolute atomic E-state index is 0.0118. The molecular formula is C36H48FN6O9P. The number of nitrogens with one attached hydrogen (secondary N) is 2. The van der Waals surface area contributed by atoms with Crippen LogP contribution in [0.15, 0.2) is 48.8 Å². The minimum atomic E-state index is -4.39. The van der Waals surface area contributed by atoms with E-state index in [1.807, 2.05) is 0 Å². The van der Waals surface area contributed by atoms with Gasteiger partial charge in [-0.1, -0.05) is 64.5 Å². The van der Waals surface area contributed by atoms with Crippen LogP contribution in [0, 0.1) is 17.9 Å². The first kappa shape index (κ1) is 40.0. The molecule has 2 fully saturated rings. The summed E-state index contributed by atoms with van der Waals surface area (Å²) in [5.41, 5.74) is -1.46. The maximum absolute atomic E-state index is 14.8. The Morgan fingerprint density at radius 1 is 1.04 bits per heavy atom. The number of nitrogens with zero attached hydrogens (tertiary/aromatic N) is 4. The lowest BCUT2D eigenvalue weighted by molar-refractivity contribution is -0.163. The highest BCUT2D eigenvalue weighted by molar-refractivity contribution is 7.52.